The smallest absolute Gasteiger partial charge is 0.346 e. The van der Waals surface area contributed by atoms with E-state index in [9.17, 15) is 4.79 Å². The third-order valence-electron chi connectivity index (χ3n) is 3.20. The molecule has 1 saturated heterocycles. The minimum absolute atomic E-state index is 0.122. The first-order valence-corrected chi connectivity index (χ1v) is 8.59. The number of ether oxygens (including phenoxy) is 2. The second-order valence-corrected chi connectivity index (χ2v) is 6.74. The van der Waals surface area contributed by atoms with Crippen molar-refractivity contribution >= 4 is 17.7 Å². The molecule has 0 amide bonds. The predicted octanol–water partition coefficient (Wildman–Crippen LogP) is 4.00. The van der Waals surface area contributed by atoms with E-state index >= 15 is 0 Å². The molecule has 0 spiro atoms. The van der Waals surface area contributed by atoms with E-state index in [1.807, 2.05) is 6.92 Å². The molecule has 19 heavy (non-hydrogen) atoms. The molecule has 1 aliphatic carbocycles. The first kappa shape index (κ1) is 16.8. The molecule has 0 aromatic rings. The van der Waals surface area contributed by atoms with E-state index < -0.39 is 0 Å². The Hall–Kier alpha value is -0.220. The van der Waals surface area contributed by atoms with Crippen LogP contribution in [0.1, 0.15) is 59.8 Å². The SMILES string of the molecule is CC1CCCC(OC(=O)C2OC(C)CS2)C1.CCC. The lowest BCUT2D eigenvalue weighted by Gasteiger charge is -2.27. The van der Waals surface area contributed by atoms with Crippen molar-refractivity contribution in [2.24, 2.45) is 5.92 Å². The molecule has 1 saturated carbocycles. The maximum atomic E-state index is 11.8. The molecule has 0 aromatic carbocycles. The van der Waals surface area contributed by atoms with Gasteiger partial charge in [-0.1, -0.05) is 33.6 Å². The molecule has 4 unspecified atom stereocenters. The van der Waals surface area contributed by atoms with Crippen LogP contribution in [0.5, 0.6) is 0 Å². The summed E-state index contributed by atoms with van der Waals surface area (Å²) in [6, 6.07) is 0. The molecule has 112 valence electrons. The summed E-state index contributed by atoms with van der Waals surface area (Å²) in [6.45, 7) is 8.46. The van der Waals surface area contributed by atoms with Crippen LogP contribution in [0.4, 0.5) is 0 Å². The van der Waals surface area contributed by atoms with Crippen LogP contribution in [-0.4, -0.2) is 29.4 Å². The van der Waals surface area contributed by atoms with E-state index in [2.05, 4.69) is 20.8 Å². The predicted molar refractivity (Wildman–Crippen MR) is 80.3 cm³/mol. The highest BCUT2D eigenvalue weighted by atomic mass is 32.2. The number of hydrogen-bond donors (Lipinski definition) is 0. The maximum Gasteiger partial charge on any atom is 0.346 e. The summed E-state index contributed by atoms with van der Waals surface area (Å²) in [7, 11) is 0. The van der Waals surface area contributed by atoms with Gasteiger partial charge in [-0.2, -0.15) is 0 Å². The van der Waals surface area contributed by atoms with Gasteiger partial charge in [0, 0.05) is 5.75 Å². The van der Waals surface area contributed by atoms with Gasteiger partial charge in [-0.3, -0.25) is 0 Å². The minimum atomic E-state index is -0.382. The van der Waals surface area contributed by atoms with E-state index in [-0.39, 0.29) is 23.6 Å². The Bertz CT molecular complexity index is 270. The Morgan fingerprint density at radius 1 is 1.32 bits per heavy atom. The molecule has 1 heterocycles. The molecular formula is C15H28O3S. The fraction of sp³-hybridized carbons (Fsp3) is 0.933. The summed E-state index contributed by atoms with van der Waals surface area (Å²) >= 11 is 1.55. The van der Waals surface area contributed by atoms with Crippen LogP contribution >= 0.6 is 11.8 Å². The van der Waals surface area contributed by atoms with Gasteiger partial charge in [0.25, 0.3) is 0 Å². The van der Waals surface area contributed by atoms with Crippen molar-refractivity contribution in [3.63, 3.8) is 0 Å². The Labute approximate surface area is 121 Å². The quantitative estimate of drug-likeness (QED) is 0.719. The molecule has 0 bridgehead atoms. The minimum Gasteiger partial charge on any atom is -0.460 e. The van der Waals surface area contributed by atoms with Gasteiger partial charge in [0.1, 0.15) is 6.10 Å². The second-order valence-electron chi connectivity index (χ2n) is 5.65. The van der Waals surface area contributed by atoms with Gasteiger partial charge in [-0.05, 0) is 32.1 Å². The molecule has 1 aliphatic heterocycles. The Morgan fingerprint density at radius 2 is 2.00 bits per heavy atom. The van der Waals surface area contributed by atoms with E-state index in [0.29, 0.717) is 5.92 Å². The molecule has 2 fully saturated rings. The van der Waals surface area contributed by atoms with Gasteiger partial charge in [-0.15, -0.1) is 11.8 Å². The number of esters is 1. The van der Waals surface area contributed by atoms with Gasteiger partial charge < -0.3 is 9.47 Å². The summed E-state index contributed by atoms with van der Waals surface area (Å²) in [6.07, 6.45) is 6.01. The number of carbonyl (C=O) groups is 1. The third kappa shape index (κ3) is 6.17. The van der Waals surface area contributed by atoms with Crippen LogP contribution in [0, 0.1) is 5.92 Å². The average molecular weight is 288 g/mol. The summed E-state index contributed by atoms with van der Waals surface area (Å²) in [5.74, 6) is 1.40. The first-order valence-electron chi connectivity index (χ1n) is 7.54. The largest absolute Gasteiger partial charge is 0.460 e. The highest BCUT2D eigenvalue weighted by molar-refractivity contribution is 8.00. The Morgan fingerprint density at radius 3 is 2.53 bits per heavy atom. The van der Waals surface area contributed by atoms with Gasteiger partial charge >= 0.3 is 5.97 Å². The van der Waals surface area contributed by atoms with Gasteiger partial charge in [0.05, 0.1) is 6.10 Å². The van der Waals surface area contributed by atoms with E-state index in [0.717, 1.165) is 18.6 Å². The van der Waals surface area contributed by atoms with Crippen molar-refractivity contribution in [3.8, 4) is 0 Å². The van der Waals surface area contributed by atoms with Crippen molar-refractivity contribution < 1.29 is 14.3 Å². The van der Waals surface area contributed by atoms with Crippen LogP contribution in [0.15, 0.2) is 0 Å². The van der Waals surface area contributed by atoms with E-state index in [1.54, 1.807) is 11.8 Å². The van der Waals surface area contributed by atoms with Gasteiger partial charge in [0.2, 0.25) is 5.44 Å². The van der Waals surface area contributed by atoms with Crippen LogP contribution in [0.25, 0.3) is 0 Å². The van der Waals surface area contributed by atoms with E-state index in [1.165, 1.54) is 19.3 Å². The van der Waals surface area contributed by atoms with Crippen molar-refractivity contribution in [2.75, 3.05) is 5.75 Å². The molecule has 4 atom stereocenters. The summed E-state index contributed by atoms with van der Waals surface area (Å²) in [5.41, 5.74) is -0.382. The number of thioether (sulfide) groups is 1. The van der Waals surface area contributed by atoms with Crippen molar-refractivity contribution in [3.05, 3.63) is 0 Å². The standard InChI is InChI=1S/C12H20O3S.C3H8/c1-8-4-3-5-10(6-8)15-11(13)12-14-9(2)7-16-12;1-3-2/h8-10,12H,3-7H2,1-2H3;3H2,1-2H3. The van der Waals surface area contributed by atoms with Crippen LogP contribution in [0.2, 0.25) is 0 Å². The molecule has 0 aromatic heterocycles. The molecule has 0 N–H and O–H groups in total. The van der Waals surface area contributed by atoms with Gasteiger partial charge in [0.15, 0.2) is 0 Å². The lowest BCUT2D eigenvalue weighted by atomic mass is 9.89. The van der Waals surface area contributed by atoms with Crippen LogP contribution < -0.4 is 0 Å². The molecule has 2 aliphatic rings. The van der Waals surface area contributed by atoms with Gasteiger partial charge in [-0.25, -0.2) is 4.79 Å². The highest BCUT2D eigenvalue weighted by Crippen LogP contribution is 2.29. The maximum absolute atomic E-state index is 11.8. The normalized spacial score (nSPS) is 34.3. The fourth-order valence-corrected chi connectivity index (χ4v) is 3.33. The number of rotatable bonds is 2. The second kappa shape index (κ2) is 8.85. The summed E-state index contributed by atoms with van der Waals surface area (Å²) in [5, 5.41) is 0. The van der Waals surface area contributed by atoms with Crippen molar-refractivity contribution in [1.82, 2.24) is 0 Å². The zero-order valence-corrected chi connectivity index (χ0v) is 13.5. The summed E-state index contributed by atoms with van der Waals surface area (Å²) in [4.78, 5) is 11.8. The molecule has 3 nitrogen and oxygen atoms in total. The van der Waals surface area contributed by atoms with E-state index in [4.69, 9.17) is 9.47 Å². The highest BCUT2D eigenvalue weighted by Gasteiger charge is 2.32. The van der Waals surface area contributed by atoms with Crippen molar-refractivity contribution in [2.45, 2.75) is 77.4 Å². The molecule has 2 rings (SSSR count). The monoisotopic (exact) mass is 288 g/mol. The van der Waals surface area contributed by atoms with Crippen molar-refractivity contribution in [1.29, 1.82) is 0 Å². The van der Waals surface area contributed by atoms with Crippen LogP contribution in [0.3, 0.4) is 0 Å². The average Bonchev–Trinajstić information content (AvgIpc) is 2.77. The third-order valence-corrected chi connectivity index (χ3v) is 4.47. The Balaban J connectivity index is 0.000000550. The first-order chi connectivity index (χ1) is 9.06. The number of carbonyl (C=O) groups excluding carboxylic acids is 1. The van der Waals surface area contributed by atoms with Crippen LogP contribution in [-0.2, 0) is 14.3 Å². The zero-order chi connectivity index (χ0) is 14.3. The number of hydrogen-bond acceptors (Lipinski definition) is 4. The Kier molecular flexibility index (Phi) is 7.84. The molecule has 4 heteroatoms. The molecule has 0 radical (unpaired) electrons. The summed E-state index contributed by atoms with van der Waals surface area (Å²) < 4.78 is 11.0. The molecular weight excluding hydrogens is 260 g/mol. The zero-order valence-electron chi connectivity index (χ0n) is 12.7. The lowest BCUT2D eigenvalue weighted by Crippen LogP contribution is -2.29. The fourth-order valence-electron chi connectivity index (χ4n) is 2.34. The topological polar surface area (TPSA) is 35.5 Å². The lowest BCUT2D eigenvalue weighted by molar-refractivity contribution is -0.159.